The number of rotatable bonds is 5. The number of benzene rings is 1. The van der Waals surface area contributed by atoms with Crippen LogP contribution in [0.25, 0.3) is 0 Å². The third-order valence-electron chi connectivity index (χ3n) is 3.13. The summed E-state index contributed by atoms with van der Waals surface area (Å²) in [5.41, 5.74) is 6.83. The number of nitrogen functional groups attached to an aromatic ring is 1. The van der Waals surface area contributed by atoms with Crippen molar-refractivity contribution in [2.24, 2.45) is 5.73 Å². The molecule has 0 spiro atoms. The summed E-state index contributed by atoms with van der Waals surface area (Å²) in [4.78, 5) is 0. The third-order valence-corrected chi connectivity index (χ3v) is 4.68. The summed E-state index contributed by atoms with van der Waals surface area (Å²) in [6.07, 6.45) is 1.85. The lowest BCUT2D eigenvalue weighted by molar-refractivity contribution is 0.464. The van der Waals surface area contributed by atoms with Gasteiger partial charge in [-0.3, -0.25) is 5.41 Å². The summed E-state index contributed by atoms with van der Waals surface area (Å²) >= 11 is 0. The Kier molecular flexibility index (Phi) is 4.18. The van der Waals surface area contributed by atoms with Crippen molar-refractivity contribution < 1.29 is 8.42 Å². The molecule has 1 saturated heterocycles. The van der Waals surface area contributed by atoms with Crippen LogP contribution in [-0.2, 0) is 16.8 Å². The summed E-state index contributed by atoms with van der Waals surface area (Å²) in [6.45, 7) is 1.44. The molecule has 7 heteroatoms. The van der Waals surface area contributed by atoms with E-state index in [1.807, 2.05) is 0 Å². The highest BCUT2D eigenvalue weighted by molar-refractivity contribution is 7.87. The Morgan fingerprint density at radius 2 is 1.84 bits per heavy atom. The van der Waals surface area contributed by atoms with E-state index in [0.717, 1.165) is 18.4 Å². The van der Waals surface area contributed by atoms with Gasteiger partial charge >= 0.3 is 0 Å². The zero-order valence-electron chi connectivity index (χ0n) is 10.6. The van der Waals surface area contributed by atoms with Crippen molar-refractivity contribution >= 4 is 16.0 Å². The van der Waals surface area contributed by atoms with Crippen LogP contribution in [0.3, 0.4) is 0 Å². The summed E-state index contributed by atoms with van der Waals surface area (Å²) in [5, 5.41) is 7.28. The van der Waals surface area contributed by atoms with Crippen LogP contribution in [0.1, 0.15) is 24.0 Å². The SMILES string of the molecule is N=C(N)c1ccc(CNS(=O)(=O)N2CCCC2)cc1. The normalized spacial score (nSPS) is 16.6. The first kappa shape index (κ1) is 14.0. The largest absolute Gasteiger partial charge is 0.384 e. The minimum atomic E-state index is -3.37. The second kappa shape index (κ2) is 5.68. The summed E-state index contributed by atoms with van der Waals surface area (Å²) in [7, 11) is -3.37. The Bertz CT molecular complexity index is 548. The van der Waals surface area contributed by atoms with Gasteiger partial charge in [0, 0.05) is 25.2 Å². The van der Waals surface area contributed by atoms with Crippen molar-refractivity contribution in [2.75, 3.05) is 13.1 Å². The van der Waals surface area contributed by atoms with Crippen molar-refractivity contribution in [3.8, 4) is 0 Å². The van der Waals surface area contributed by atoms with Gasteiger partial charge in [-0.15, -0.1) is 0 Å². The fourth-order valence-electron chi connectivity index (χ4n) is 2.00. The van der Waals surface area contributed by atoms with Crippen LogP contribution >= 0.6 is 0 Å². The van der Waals surface area contributed by atoms with E-state index in [1.54, 1.807) is 24.3 Å². The maximum atomic E-state index is 11.9. The second-order valence-electron chi connectivity index (χ2n) is 4.54. The number of nitrogens with one attached hydrogen (secondary N) is 2. The van der Waals surface area contributed by atoms with Gasteiger partial charge < -0.3 is 5.73 Å². The molecule has 0 aromatic heterocycles. The van der Waals surface area contributed by atoms with Gasteiger partial charge in [-0.1, -0.05) is 24.3 Å². The second-order valence-corrected chi connectivity index (χ2v) is 6.30. The first-order valence-corrected chi connectivity index (χ1v) is 7.61. The van der Waals surface area contributed by atoms with Crippen LogP contribution in [0.5, 0.6) is 0 Å². The highest BCUT2D eigenvalue weighted by Gasteiger charge is 2.24. The Labute approximate surface area is 113 Å². The zero-order valence-corrected chi connectivity index (χ0v) is 11.4. The Morgan fingerprint density at radius 1 is 1.26 bits per heavy atom. The number of nitrogens with two attached hydrogens (primary N) is 1. The highest BCUT2D eigenvalue weighted by Crippen LogP contribution is 2.12. The van der Waals surface area contributed by atoms with Crippen LogP contribution < -0.4 is 10.5 Å². The van der Waals surface area contributed by atoms with E-state index in [2.05, 4.69) is 4.72 Å². The van der Waals surface area contributed by atoms with Gasteiger partial charge in [-0.05, 0) is 18.4 Å². The van der Waals surface area contributed by atoms with Crippen LogP contribution in [0.4, 0.5) is 0 Å². The van der Waals surface area contributed by atoms with Crippen LogP contribution in [-0.4, -0.2) is 31.6 Å². The molecule has 1 aromatic rings. The van der Waals surface area contributed by atoms with Crippen LogP contribution in [0.15, 0.2) is 24.3 Å². The van der Waals surface area contributed by atoms with Crippen LogP contribution in [0.2, 0.25) is 0 Å². The molecule has 4 N–H and O–H groups in total. The Morgan fingerprint density at radius 3 is 2.37 bits per heavy atom. The number of amidine groups is 1. The molecule has 1 heterocycles. The third kappa shape index (κ3) is 3.52. The molecule has 19 heavy (non-hydrogen) atoms. The molecular formula is C12H18N4O2S. The van der Waals surface area contributed by atoms with Crippen molar-refractivity contribution in [1.29, 1.82) is 5.41 Å². The van der Waals surface area contributed by atoms with E-state index in [1.165, 1.54) is 4.31 Å². The van der Waals surface area contributed by atoms with E-state index >= 15 is 0 Å². The first-order valence-electron chi connectivity index (χ1n) is 6.17. The van der Waals surface area contributed by atoms with Crippen LogP contribution in [0, 0.1) is 5.41 Å². The molecule has 0 atom stereocenters. The molecule has 0 bridgehead atoms. The molecule has 0 unspecified atom stereocenters. The molecule has 0 saturated carbocycles. The minimum absolute atomic E-state index is 0.00389. The Balaban J connectivity index is 1.96. The van der Waals surface area contributed by atoms with E-state index in [0.29, 0.717) is 18.7 Å². The molecule has 6 nitrogen and oxygen atoms in total. The van der Waals surface area contributed by atoms with E-state index in [-0.39, 0.29) is 12.4 Å². The molecule has 1 aliphatic rings. The van der Waals surface area contributed by atoms with E-state index in [9.17, 15) is 8.42 Å². The van der Waals surface area contributed by atoms with Gasteiger partial charge in [0.1, 0.15) is 5.84 Å². The first-order chi connectivity index (χ1) is 8.99. The lowest BCUT2D eigenvalue weighted by Crippen LogP contribution is -2.38. The maximum Gasteiger partial charge on any atom is 0.279 e. The predicted molar refractivity (Wildman–Crippen MR) is 74.0 cm³/mol. The van der Waals surface area contributed by atoms with Crippen molar-refractivity contribution in [1.82, 2.24) is 9.03 Å². The summed E-state index contributed by atoms with van der Waals surface area (Å²) in [6, 6.07) is 6.95. The lowest BCUT2D eigenvalue weighted by Gasteiger charge is -2.16. The molecule has 0 aliphatic carbocycles. The average Bonchev–Trinajstić information content (AvgIpc) is 2.91. The predicted octanol–water partition coefficient (Wildman–Crippen LogP) is 0.401. The van der Waals surface area contributed by atoms with Gasteiger partial charge in [0.05, 0.1) is 0 Å². The van der Waals surface area contributed by atoms with Crippen molar-refractivity contribution in [3.05, 3.63) is 35.4 Å². The van der Waals surface area contributed by atoms with Crippen molar-refractivity contribution in [3.63, 3.8) is 0 Å². The Hall–Kier alpha value is -1.44. The molecule has 0 amide bonds. The topological polar surface area (TPSA) is 99.3 Å². The molecule has 104 valence electrons. The number of hydrogen-bond acceptors (Lipinski definition) is 3. The summed E-state index contributed by atoms with van der Waals surface area (Å²) in [5.74, 6) is 0.00389. The van der Waals surface area contributed by atoms with Gasteiger partial charge in [-0.25, -0.2) is 0 Å². The zero-order chi connectivity index (χ0) is 13.9. The van der Waals surface area contributed by atoms with Gasteiger partial charge in [-0.2, -0.15) is 17.4 Å². The van der Waals surface area contributed by atoms with Crippen molar-refractivity contribution in [2.45, 2.75) is 19.4 Å². The highest BCUT2D eigenvalue weighted by atomic mass is 32.2. The fourth-order valence-corrected chi connectivity index (χ4v) is 3.27. The minimum Gasteiger partial charge on any atom is -0.384 e. The molecule has 1 aliphatic heterocycles. The smallest absolute Gasteiger partial charge is 0.279 e. The number of nitrogens with zero attached hydrogens (tertiary/aromatic N) is 1. The molecule has 2 rings (SSSR count). The summed E-state index contributed by atoms with van der Waals surface area (Å²) < 4.78 is 27.9. The van der Waals surface area contributed by atoms with E-state index in [4.69, 9.17) is 11.1 Å². The van der Waals surface area contributed by atoms with Gasteiger partial charge in [0.15, 0.2) is 0 Å². The average molecular weight is 282 g/mol. The standard InChI is InChI=1S/C12H18N4O2S/c13-12(14)11-5-3-10(4-6-11)9-15-19(17,18)16-7-1-2-8-16/h3-6,15H,1-2,7-9H2,(H3,13,14). The molecule has 1 aromatic carbocycles. The van der Waals surface area contributed by atoms with Gasteiger partial charge in [0.25, 0.3) is 10.2 Å². The van der Waals surface area contributed by atoms with E-state index < -0.39 is 10.2 Å². The number of hydrogen-bond donors (Lipinski definition) is 3. The lowest BCUT2D eigenvalue weighted by atomic mass is 10.1. The molecule has 0 radical (unpaired) electrons. The monoisotopic (exact) mass is 282 g/mol. The maximum absolute atomic E-state index is 11.9. The quantitative estimate of drug-likeness (QED) is 0.538. The molecular weight excluding hydrogens is 264 g/mol. The van der Waals surface area contributed by atoms with Gasteiger partial charge in [0.2, 0.25) is 0 Å². The molecule has 1 fully saturated rings. The fraction of sp³-hybridized carbons (Fsp3) is 0.417.